The number of rotatable bonds is 4. The topological polar surface area (TPSA) is 112 Å². The molecule has 2 heterocycles. The summed E-state index contributed by atoms with van der Waals surface area (Å²) in [5, 5.41) is 24.9. The largest absolute Gasteiger partial charge is 0.465 e. The fourth-order valence-electron chi connectivity index (χ4n) is 2.84. The molecule has 1 aliphatic heterocycles. The van der Waals surface area contributed by atoms with Crippen LogP contribution in [0.2, 0.25) is 0 Å². The quantitative estimate of drug-likeness (QED) is 0.400. The van der Waals surface area contributed by atoms with Crippen molar-refractivity contribution in [3.63, 3.8) is 0 Å². The third kappa shape index (κ3) is 2.88. The standard InChI is InChI=1S/C12H18N4O5/c1-7-11(16(19)20)8(2)15(13-7)6-14-5-9(17)4-10(14)12(18)21-3/h9-10,17H,4-6H2,1-3H3/p+1/t9-,10-/m0/s1. The maximum absolute atomic E-state index is 11.7. The van der Waals surface area contributed by atoms with Crippen LogP contribution in [0, 0.1) is 24.0 Å². The molecule has 0 radical (unpaired) electrons. The van der Waals surface area contributed by atoms with E-state index in [1.807, 2.05) is 0 Å². The number of ether oxygens (including phenoxy) is 1. The summed E-state index contributed by atoms with van der Waals surface area (Å²) in [6, 6.07) is -0.479. The van der Waals surface area contributed by atoms with Crippen molar-refractivity contribution in [2.75, 3.05) is 13.7 Å². The summed E-state index contributed by atoms with van der Waals surface area (Å²) in [5.74, 6) is -0.391. The van der Waals surface area contributed by atoms with E-state index in [1.54, 1.807) is 13.8 Å². The molecule has 0 spiro atoms. The van der Waals surface area contributed by atoms with Gasteiger partial charge in [-0.15, -0.1) is 0 Å². The second kappa shape index (κ2) is 5.78. The summed E-state index contributed by atoms with van der Waals surface area (Å²) in [4.78, 5) is 23.1. The molecule has 1 aromatic rings. The SMILES string of the molecule is COC(=O)[C@@H]1C[C@H](O)C[NH+]1Cn1nc(C)c([N+](=O)[O-])c1C. The van der Waals surface area contributed by atoms with Crippen LogP contribution in [-0.4, -0.2) is 51.6 Å². The summed E-state index contributed by atoms with van der Waals surface area (Å²) in [6.07, 6.45) is -0.264. The van der Waals surface area contributed by atoms with E-state index in [0.29, 0.717) is 24.4 Å². The van der Waals surface area contributed by atoms with Crippen LogP contribution in [0.4, 0.5) is 5.69 Å². The number of nitrogens with one attached hydrogen (secondary N) is 1. The molecule has 1 aliphatic rings. The second-order valence-corrected chi connectivity index (χ2v) is 5.26. The van der Waals surface area contributed by atoms with E-state index in [2.05, 4.69) is 5.10 Å². The van der Waals surface area contributed by atoms with Gasteiger partial charge in [0.05, 0.1) is 12.0 Å². The second-order valence-electron chi connectivity index (χ2n) is 5.26. The molecule has 9 heteroatoms. The Morgan fingerprint density at radius 1 is 1.62 bits per heavy atom. The van der Waals surface area contributed by atoms with E-state index in [4.69, 9.17) is 4.74 Å². The molecule has 1 aromatic heterocycles. The van der Waals surface area contributed by atoms with E-state index in [0.717, 1.165) is 4.90 Å². The molecule has 2 N–H and O–H groups in total. The van der Waals surface area contributed by atoms with Gasteiger partial charge < -0.3 is 14.7 Å². The fraction of sp³-hybridized carbons (Fsp3) is 0.667. The molecule has 0 aromatic carbocycles. The third-order valence-electron chi connectivity index (χ3n) is 3.86. The molecule has 0 aliphatic carbocycles. The van der Waals surface area contributed by atoms with Crippen molar-refractivity contribution in [1.29, 1.82) is 0 Å². The lowest BCUT2D eigenvalue weighted by Crippen LogP contribution is -3.14. The Morgan fingerprint density at radius 3 is 2.81 bits per heavy atom. The number of aryl methyl sites for hydroxylation is 1. The number of hydrogen-bond donors (Lipinski definition) is 2. The van der Waals surface area contributed by atoms with Gasteiger partial charge in [0.25, 0.3) is 0 Å². The summed E-state index contributed by atoms with van der Waals surface area (Å²) in [5.41, 5.74) is 0.769. The van der Waals surface area contributed by atoms with Crippen molar-refractivity contribution >= 4 is 11.7 Å². The number of esters is 1. The highest BCUT2D eigenvalue weighted by atomic mass is 16.6. The lowest BCUT2D eigenvalue weighted by Gasteiger charge is -2.19. The number of nitrogens with zero attached hydrogens (tertiary/aromatic N) is 3. The number of aliphatic hydroxyl groups excluding tert-OH is 1. The van der Waals surface area contributed by atoms with Crippen molar-refractivity contribution in [2.45, 2.75) is 39.1 Å². The number of hydrogen-bond acceptors (Lipinski definition) is 6. The van der Waals surface area contributed by atoms with Crippen LogP contribution in [0.3, 0.4) is 0 Å². The van der Waals surface area contributed by atoms with Gasteiger partial charge in [-0.25, -0.2) is 9.48 Å². The summed E-state index contributed by atoms with van der Waals surface area (Å²) in [6.45, 7) is 3.86. The number of carbonyl (C=O) groups is 1. The van der Waals surface area contributed by atoms with E-state index < -0.39 is 23.0 Å². The first-order valence-corrected chi connectivity index (χ1v) is 6.64. The van der Waals surface area contributed by atoms with E-state index in [9.17, 15) is 20.0 Å². The lowest BCUT2D eigenvalue weighted by molar-refractivity contribution is -0.928. The smallest absolute Gasteiger partial charge is 0.364 e. The molecule has 9 nitrogen and oxygen atoms in total. The minimum Gasteiger partial charge on any atom is -0.465 e. The lowest BCUT2D eigenvalue weighted by atomic mass is 10.2. The summed E-state index contributed by atoms with van der Waals surface area (Å²) in [7, 11) is 1.30. The van der Waals surface area contributed by atoms with Crippen LogP contribution in [0.15, 0.2) is 0 Å². The minimum absolute atomic E-state index is 0.0104. The number of aromatic nitrogens is 2. The van der Waals surface area contributed by atoms with E-state index in [1.165, 1.54) is 11.8 Å². The Hall–Kier alpha value is -2.00. The molecule has 3 atom stereocenters. The van der Waals surface area contributed by atoms with Gasteiger partial charge in [-0.05, 0) is 13.8 Å². The van der Waals surface area contributed by atoms with Crippen LogP contribution < -0.4 is 4.90 Å². The maximum atomic E-state index is 11.7. The Kier molecular flexibility index (Phi) is 4.24. The zero-order valence-electron chi connectivity index (χ0n) is 12.2. The Bertz CT molecular complexity index is 570. The first-order valence-electron chi connectivity index (χ1n) is 6.64. The molecule has 2 rings (SSSR count). The van der Waals surface area contributed by atoms with Gasteiger partial charge in [0.1, 0.15) is 24.0 Å². The Labute approximate surface area is 121 Å². The zero-order chi connectivity index (χ0) is 15.7. The zero-order valence-corrected chi connectivity index (χ0v) is 12.2. The highest BCUT2D eigenvalue weighted by Gasteiger charge is 2.41. The van der Waals surface area contributed by atoms with E-state index >= 15 is 0 Å². The predicted molar refractivity (Wildman–Crippen MR) is 70.6 cm³/mol. The van der Waals surface area contributed by atoms with Crippen LogP contribution in [0.5, 0.6) is 0 Å². The van der Waals surface area contributed by atoms with Gasteiger partial charge in [0.15, 0.2) is 12.7 Å². The van der Waals surface area contributed by atoms with Crippen molar-refractivity contribution in [3.8, 4) is 0 Å². The van der Waals surface area contributed by atoms with Gasteiger partial charge in [0, 0.05) is 6.42 Å². The average Bonchev–Trinajstić information content (AvgIpc) is 2.90. The van der Waals surface area contributed by atoms with Gasteiger partial charge in [-0.1, -0.05) is 0 Å². The van der Waals surface area contributed by atoms with Crippen LogP contribution in [-0.2, 0) is 16.2 Å². The number of carbonyl (C=O) groups excluding carboxylic acids is 1. The number of aliphatic hydroxyl groups is 1. The van der Waals surface area contributed by atoms with Crippen LogP contribution >= 0.6 is 0 Å². The molecule has 0 saturated carbocycles. The molecule has 1 unspecified atom stereocenters. The van der Waals surface area contributed by atoms with Gasteiger partial charge >= 0.3 is 11.7 Å². The van der Waals surface area contributed by atoms with E-state index in [-0.39, 0.29) is 12.4 Å². The minimum atomic E-state index is -0.587. The van der Waals surface area contributed by atoms with Crippen molar-refractivity contribution < 1.29 is 24.5 Å². The molecular formula is C12H19N4O5+. The number of nitro groups is 1. The molecular weight excluding hydrogens is 280 g/mol. The van der Waals surface area contributed by atoms with Gasteiger partial charge in [-0.3, -0.25) is 10.1 Å². The summed E-state index contributed by atoms with van der Waals surface area (Å²) < 4.78 is 6.25. The molecule has 116 valence electrons. The van der Waals surface area contributed by atoms with Crippen LogP contribution in [0.1, 0.15) is 17.8 Å². The fourth-order valence-corrected chi connectivity index (χ4v) is 2.84. The molecule has 1 fully saturated rings. The maximum Gasteiger partial charge on any atom is 0.364 e. The third-order valence-corrected chi connectivity index (χ3v) is 3.86. The number of quaternary nitrogens is 1. The molecule has 1 saturated heterocycles. The number of methoxy groups -OCH3 is 1. The highest BCUT2D eigenvalue weighted by Crippen LogP contribution is 2.21. The van der Waals surface area contributed by atoms with Gasteiger partial charge in [0.2, 0.25) is 0 Å². The average molecular weight is 299 g/mol. The van der Waals surface area contributed by atoms with Crippen molar-refractivity contribution in [3.05, 3.63) is 21.5 Å². The molecule has 21 heavy (non-hydrogen) atoms. The predicted octanol–water partition coefficient (Wildman–Crippen LogP) is -1.44. The Morgan fingerprint density at radius 2 is 2.29 bits per heavy atom. The van der Waals surface area contributed by atoms with Crippen molar-refractivity contribution in [1.82, 2.24) is 9.78 Å². The Balaban J connectivity index is 2.23. The van der Waals surface area contributed by atoms with Gasteiger partial charge in [-0.2, -0.15) is 5.10 Å². The van der Waals surface area contributed by atoms with Crippen molar-refractivity contribution in [2.24, 2.45) is 0 Å². The van der Waals surface area contributed by atoms with Crippen LogP contribution in [0.25, 0.3) is 0 Å². The molecule has 0 amide bonds. The molecule has 0 bridgehead atoms. The summed E-state index contributed by atoms with van der Waals surface area (Å²) >= 11 is 0. The first-order chi connectivity index (χ1) is 9.85. The highest BCUT2D eigenvalue weighted by molar-refractivity contribution is 5.74. The first kappa shape index (κ1) is 15.4. The monoisotopic (exact) mass is 299 g/mol. The number of likely N-dealkylation sites (tertiary alicyclic amines) is 1. The normalized spacial score (nSPS) is 25.0.